The fourth-order valence-corrected chi connectivity index (χ4v) is 3.50. The van der Waals surface area contributed by atoms with Crippen LogP contribution in [0.5, 0.6) is 5.75 Å². The van der Waals surface area contributed by atoms with Crippen molar-refractivity contribution in [1.29, 1.82) is 0 Å². The van der Waals surface area contributed by atoms with E-state index in [1.807, 2.05) is 0 Å². The average molecular weight is 433 g/mol. The molecule has 0 radical (unpaired) electrons. The molecular formula is C17H18ClFN2O6S. The number of nitrogens with zero attached hydrogens (tertiary/aromatic N) is 1. The number of carbonyl (C=O) groups is 1. The van der Waals surface area contributed by atoms with E-state index in [9.17, 15) is 27.5 Å². The molecule has 0 aliphatic rings. The predicted octanol–water partition coefficient (Wildman–Crippen LogP) is 1.71. The van der Waals surface area contributed by atoms with Crippen molar-refractivity contribution in [3.63, 3.8) is 0 Å². The summed E-state index contributed by atoms with van der Waals surface area (Å²) in [6, 6.07) is 4.97. The van der Waals surface area contributed by atoms with Gasteiger partial charge in [0.2, 0.25) is 0 Å². The summed E-state index contributed by atoms with van der Waals surface area (Å²) in [6.07, 6.45) is 1.32. The lowest BCUT2D eigenvalue weighted by Crippen LogP contribution is -2.50. The molecule has 1 amide bonds. The summed E-state index contributed by atoms with van der Waals surface area (Å²) in [5.74, 6) is -2.23. The number of carbonyl (C=O) groups excluding carboxylic acids is 1. The van der Waals surface area contributed by atoms with Crippen LogP contribution in [-0.2, 0) is 21.2 Å². The molecule has 1 unspecified atom stereocenters. The van der Waals surface area contributed by atoms with Crippen molar-refractivity contribution in [1.82, 2.24) is 10.0 Å². The van der Waals surface area contributed by atoms with Gasteiger partial charge in [-0.05, 0) is 31.0 Å². The minimum atomic E-state index is -3.95. The van der Waals surface area contributed by atoms with Crippen LogP contribution in [-0.4, -0.2) is 40.2 Å². The predicted molar refractivity (Wildman–Crippen MR) is 101 cm³/mol. The lowest BCUT2D eigenvalue weighted by Gasteiger charge is -2.25. The third-order valence-electron chi connectivity index (χ3n) is 4.56. The van der Waals surface area contributed by atoms with E-state index in [0.29, 0.717) is 0 Å². The van der Waals surface area contributed by atoms with E-state index >= 15 is 0 Å². The number of hydroxylamine groups is 1. The molecule has 2 rings (SSSR count). The van der Waals surface area contributed by atoms with Crippen LogP contribution < -0.4 is 11.0 Å². The van der Waals surface area contributed by atoms with Crippen LogP contribution >= 0.6 is 11.6 Å². The molecule has 0 aliphatic heterocycles. The van der Waals surface area contributed by atoms with Crippen LogP contribution in [0, 0.1) is 5.82 Å². The zero-order chi connectivity index (χ0) is 21.3. The van der Waals surface area contributed by atoms with Gasteiger partial charge in [-0.15, -0.1) is 0 Å². The zero-order valence-electron chi connectivity index (χ0n) is 14.9. The Labute approximate surface area is 165 Å². The average Bonchev–Trinajstić information content (AvgIpc) is 2.62. The number of phenols is 1. The Morgan fingerprint density at radius 1 is 1.36 bits per heavy atom. The van der Waals surface area contributed by atoms with Gasteiger partial charge in [0.1, 0.15) is 11.6 Å². The fourth-order valence-electron chi connectivity index (χ4n) is 2.54. The van der Waals surface area contributed by atoms with Gasteiger partial charge >= 0.3 is 0 Å². The van der Waals surface area contributed by atoms with Crippen LogP contribution in [0.1, 0.15) is 13.3 Å². The summed E-state index contributed by atoms with van der Waals surface area (Å²) in [7, 11) is -3.95. The summed E-state index contributed by atoms with van der Waals surface area (Å²) in [5.41, 5.74) is 0.803. The van der Waals surface area contributed by atoms with Crippen LogP contribution in [0.4, 0.5) is 4.39 Å². The highest BCUT2D eigenvalue weighted by atomic mass is 35.5. The Kier molecular flexibility index (Phi) is 6.17. The quantitative estimate of drug-likeness (QED) is 0.471. The first-order chi connectivity index (χ1) is 12.9. The smallest absolute Gasteiger partial charge is 0.264 e. The van der Waals surface area contributed by atoms with Gasteiger partial charge in [-0.3, -0.25) is 14.8 Å². The molecule has 0 aliphatic carbocycles. The minimum Gasteiger partial charge on any atom is -0.506 e. The van der Waals surface area contributed by atoms with Gasteiger partial charge in [0.05, 0.1) is 5.02 Å². The number of nitrogens with one attached hydrogen (secondary N) is 1. The number of hydrogen-bond donors (Lipinski definition) is 3. The van der Waals surface area contributed by atoms with Crippen molar-refractivity contribution < 1.29 is 27.9 Å². The number of benzene rings is 1. The fraction of sp³-hybridized carbons (Fsp3) is 0.294. The maximum atomic E-state index is 14.5. The molecule has 1 aromatic carbocycles. The number of sulfone groups is 1. The van der Waals surface area contributed by atoms with E-state index in [1.165, 1.54) is 23.7 Å². The minimum absolute atomic E-state index is 0.0692. The van der Waals surface area contributed by atoms with E-state index in [4.69, 9.17) is 16.8 Å². The monoisotopic (exact) mass is 432 g/mol. The Hall–Kier alpha value is -2.43. The highest BCUT2D eigenvalue weighted by Gasteiger charge is 2.43. The second-order valence-corrected chi connectivity index (χ2v) is 9.28. The van der Waals surface area contributed by atoms with Crippen molar-refractivity contribution in [3.05, 3.63) is 51.7 Å². The second kappa shape index (κ2) is 7.90. The summed E-state index contributed by atoms with van der Waals surface area (Å²) in [4.78, 5) is 24.1. The molecule has 11 heteroatoms. The van der Waals surface area contributed by atoms with Gasteiger partial charge in [0, 0.05) is 30.6 Å². The normalized spacial score (nSPS) is 13.8. The van der Waals surface area contributed by atoms with E-state index in [1.54, 1.807) is 0 Å². The Morgan fingerprint density at radius 3 is 2.54 bits per heavy atom. The lowest BCUT2D eigenvalue weighted by atomic mass is 10.1. The summed E-state index contributed by atoms with van der Waals surface area (Å²) in [5, 5.41) is 18.5. The number of halogens is 2. The molecule has 0 spiro atoms. The number of phenolic OH excluding ortho intramolecular Hbond substituents is 1. The molecular weight excluding hydrogens is 415 g/mol. The lowest BCUT2D eigenvalue weighted by molar-refractivity contribution is -0.131. The molecule has 0 saturated carbocycles. The molecule has 152 valence electrons. The molecule has 1 aromatic heterocycles. The van der Waals surface area contributed by atoms with E-state index < -0.39 is 31.9 Å². The van der Waals surface area contributed by atoms with E-state index in [2.05, 4.69) is 0 Å². The van der Waals surface area contributed by atoms with E-state index in [-0.39, 0.29) is 34.9 Å². The number of rotatable bonds is 6. The highest BCUT2D eigenvalue weighted by Crippen LogP contribution is 2.30. The summed E-state index contributed by atoms with van der Waals surface area (Å²) < 4.78 is 37.3. The Morgan fingerprint density at radius 2 is 2.00 bits per heavy atom. The number of aromatic nitrogens is 1. The van der Waals surface area contributed by atoms with Crippen LogP contribution in [0.25, 0.3) is 11.1 Å². The highest BCUT2D eigenvalue weighted by molar-refractivity contribution is 7.92. The third-order valence-corrected chi connectivity index (χ3v) is 6.91. The molecule has 0 bridgehead atoms. The van der Waals surface area contributed by atoms with Crippen molar-refractivity contribution in [3.8, 4) is 16.9 Å². The number of pyridine rings is 1. The molecule has 8 nitrogen and oxygen atoms in total. The standard InChI is InChI=1S/C17H18ClFN2O6S/c1-17(16(24)20-25,28(2,26)27)5-6-21-9-13(19)11(8-15(21)23)10-3-4-12(18)14(22)7-10/h3-4,7-9,22,25H,5-6H2,1-2H3,(H,20,24). The van der Waals surface area contributed by atoms with Crippen molar-refractivity contribution >= 4 is 27.3 Å². The molecule has 2 aromatic rings. The number of amides is 1. The van der Waals surface area contributed by atoms with E-state index in [0.717, 1.165) is 30.0 Å². The molecule has 1 atom stereocenters. The van der Waals surface area contributed by atoms with Gasteiger partial charge in [-0.2, -0.15) is 0 Å². The van der Waals surface area contributed by atoms with Crippen molar-refractivity contribution in [2.45, 2.75) is 24.6 Å². The van der Waals surface area contributed by atoms with Crippen LogP contribution in [0.2, 0.25) is 5.02 Å². The molecule has 1 heterocycles. The van der Waals surface area contributed by atoms with Gasteiger partial charge in [0.15, 0.2) is 14.6 Å². The van der Waals surface area contributed by atoms with Gasteiger partial charge in [0.25, 0.3) is 11.5 Å². The van der Waals surface area contributed by atoms with Crippen LogP contribution in [0.3, 0.4) is 0 Å². The number of aromatic hydroxyl groups is 1. The first kappa shape index (κ1) is 21.9. The Bertz CT molecular complexity index is 1090. The van der Waals surface area contributed by atoms with Crippen LogP contribution in [0.15, 0.2) is 35.3 Å². The Balaban J connectivity index is 2.38. The van der Waals surface area contributed by atoms with Gasteiger partial charge in [-0.1, -0.05) is 17.7 Å². The van der Waals surface area contributed by atoms with Gasteiger partial charge < -0.3 is 9.67 Å². The number of aryl methyl sites for hydroxylation is 1. The topological polar surface area (TPSA) is 126 Å². The number of hydrogen-bond acceptors (Lipinski definition) is 6. The molecule has 3 N–H and O–H groups in total. The molecule has 0 fully saturated rings. The first-order valence-corrected chi connectivity index (χ1v) is 10.2. The maximum absolute atomic E-state index is 14.5. The summed E-state index contributed by atoms with van der Waals surface area (Å²) >= 11 is 5.71. The van der Waals surface area contributed by atoms with Crippen molar-refractivity contribution in [2.24, 2.45) is 0 Å². The van der Waals surface area contributed by atoms with Crippen molar-refractivity contribution in [2.75, 3.05) is 6.26 Å². The zero-order valence-corrected chi connectivity index (χ0v) is 16.5. The van der Waals surface area contributed by atoms with Gasteiger partial charge in [-0.25, -0.2) is 18.3 Å². The second-order valence-electron chi connectivity index (χ2n) is 6.43. The first-order valence-electron chi connectivity index (χ1n) is 7.93. The maximum Gasteiger partial charge on any atom is 0.264 e. The molecule has 28 heavy (non-hydrogen) atoms. The SMILES string of the molecule is CC(CCn1cc(F)c(-c2ccc(Cl)c(O)c2)cc1=O)(C(=O)NO)S(C)(=O)=O. The largest absolute Gasteiger partial charge is 0.506 e. The summed E-state index contributed by atoms with van der Waals surface area (Å²) in [6.45, 7) is 0.805. The molecule has 0 saturated heterocycles. The third kappa shape index (κ3) is 4.18.